The van der Waals surface area contributed by atoms with Crippen LogP contribution >= 0.6 is 12.4 Å². The van der Waals surface area contributed by atoms with Crippen LogP contribution in [-0.4, -0.2) is 60.2 Å². The van der Waals surface area contributed by atoms with E-state index in [9.17, 15) is 14.4 Å². The highest BCUT2D eigenvalue weighted by molar-refractivity contribution is 6.22. The number of hydrogen-bond acceptors (Lipinski definition) is 4. The van der Waals surface area contributed by atoms with Crippen LogP contribution in [0.5, 0.6) is 0 Å². The lowest BCUT2D eigenvalue weighted by Crippen LogP contribution is -2.47. The van der Waals surface area contributed by atoms with Crippen LogP contribution < -0.4 is 5.32 Å². The molecular weight excluding hydrogens is 402 g/mol. The van der Waals surface area contributed by atoms with E-state index >= 15 is 0 Å². The van der Waals surface area contributed by atoms with Crippen LogP contribution in [0.1, 0.15) is 49.5 Å². The highest BCUT2D eigenvalue weighted by Crippen LogP contribution is 2.25. The number of imide groups is 1. The second-order valence-corrected chi connectivity index (χ2v) is 7.64. The number of halogens is 1. The number of carbonyl (C=O) groups excluding carboxylic acids is 3. The molecular formula is C23H26ClN3O3. The highest BCUT2D eigenvalue weighted by Gasteiger charge is 2.36. The van der Waals surface area contributed by atoms with Crippen molar-refractivity contribution in [3.8, 4) is 0 Å². The first-order valence-corrected chi connectivity index (χ1v) is 10.1. The smallest absolute Gasteiger partial charge is 0.261 e. The summed E-state index contributed by atoms with van der Waals surface area (Å²) in [7, 11) is 1.91. The Morgan fingerprint density at radius 1 is 1.07 bits per heavy atom. The normalized spacial score (nSPS) is 18.2. The van der Waals surface area contributed by atoms with Crippen molar-refractivity contribution in [3.05, 3.63) is 70.8 Å². The summed E-state index contributed by atoms with van der Waals surface area (Å²) in [6.07, 6.45) is 2.61. The van der Waals surface area contributed by atoms with Gasteiger partial charge < -0.3 is 10.2 Å². The van der Waals surface area contributed by atoms with E-state index in [4.69, 9.17) is 0 Å². The first-order valence-electron chi connectivity index (χ1n) is 10.1. The summed E-state index contributed by atoms with van der Waals surface area (Å²) < 4.78 is 0. The maximum absolute atomic E-state index is 12.9. The first-order chi connectivity index (χ1) is 14.1. The average molecular weight is 428 g/mol. The predicted octanol–water partition coefficient (Wildman–Crippen LogP) is 2.77. The van der Waals surface area contributed by atoms with Crippen molar-refractivity contribution in [3.63, 3.8) is 0 Å². The zero-order chi connectivity index (χ0) is 20.4. The molecule has 158 valence electrons. The molecule has 0 radical (unpaired) electrons. The summed E-state index contributed by atoms with van der Waals surface area (Å²) in [4.78, 5) is 41.6. The molecule has 2 aromatic rings. The van der Waals surface area contributed by atoms with Crippen molar-refractivity contribution in [2.75, 3.05) is 26.7 Å². The third-order valence-electron chi connectivity index (χ3n) is 5.80. The number of likely N-dealkylation sites (N-methyl/N-ethyl adjacent to an activating group) is 1. The van der Waals surface area contributed by atoms with Crippen LogP contribution in [0.3, 0.4) is 0 Å². The number of nitrogens with one attached hydrogen (secondary N) is 1. The van der Waals surface area contributed by atoms with Gasteiger partial charge >= 0.3 is 0 Å². The summed E-state index contributed by atoms with van der Waals surface area (Å²) in [5.41, 5.74) is 2.25. The van der Waals surface area contributed by atoms with Crippen LogP contribution in [0, 0.1) is 0 Å². The van der Waals surface area contributed by atoms with Crippen molar-refractivity contribution in [2.45, 2.75) is 25.3 Å². The number of benzene rings is 2. The van der Waals surface area contributed by atoms with E-state index < -0.39 is 0 Å². The van der Waals surface area contributed by atoms with Gasteiger partial charge in [-0.25, -0.2) is 0 Å². The molecule has 0 spiro atoms. The fourth-order valence-corrected chi connectivity index (χ4v) is 4.09. The molecule has 2 heterocycles. The van der Waals surface area contributed by atoms with Gasteiger partial charge in [-0.2, -0.15) is 0 Å². The van der Waals surface area contributed by atoms with Crippen LogP contribution in [-0.2, 0) is 6.42 Å². The Kier molecular flexibility index (Phi) is 6.90. The van der Waals surface area contributed by atoms with E-state index in [0.717, 1.165) is 18.4 Å². The minimum absolute atomic E-state index is 0. The molecule has 0 aromatic heterocycles. The fraction of sp³-hybridized carbons (Fsp3) is 0.348. The molecule has 1 fully saturated rings. The molecule has 2 aromatic carbocycles. The van der Waals surface area contributed by atoms with E-state index in [1.807, 2.05) is 42.3 Å². The maximum Gasteiger partial charge on any atom is 0.261 e. The fourth-order valence-electron chi connectivity index (χ4n) is 4.09. The van der Waals surface area contributed by atoms with Gasteiger partial charge in [0.15, 0.2) is 0 Å². The molecule has 7 heteroatoms. The van der Waals surface area contributed by atoms with E-state index in [1.165, 1.54) is 4.90 Å². The molecule has 0 aliphatic carbocycles. The van der Waals surface area contributed by atoms with E-state index in [0.29, 0.717) is 48.8 Å². The first kappa shape index (κ1) is 22.0. The van der Waals surface area contributed by atoms with Gasteiger partial charge in [-0.05, 0) is 50.1 Å². The van der Waals surface area contributed by atoms with Crippen molar-refractivity contribution in [2.24, 2.45) is 0 Å². The SMILES string of the molecule is CNC1CCCN(C(=O)c2ccc3c(c2)C(=O)N(CCc2ccccc2)C3=O)C1.Cl. The lowest BCUT2D eigenvalue weighted by Gasteiger charge is -2.32. The van der Waals surface area contributed by atoms with Crippen molar-refractivity contribution in [1.29, 1.82) is 0 Å². The Bertz CT molecular complexity index is 948. The Balaban J connectivity index is 0.00000256. The second-order valence-electron chi connectivity index (χ2n) is 7.64. The summed E-state index contributed by atoms with van der Waals surface area (Å²) >= 11 is 0. The molecule has 3 amide bonds. The molecule has 4 rings (SSSR count). The monoisotopic (exact) mass is 427 g/mol. The average Bonchev–Trinajstić information content (AvgIpc) is 3.01. The minimum atomic E-state index is -0.317. The number of nitrogens with zero attached hydrogens (tertiary/aromatic N) is 2. The van der Waals surface area contributed by atoms with Crippen molar-refractivity contribution < 1.29 is 14.4 Å². The van der Waals surface area contributed by atoms with Crippen LogP contribution in [0.4, 0.5) is 0 Å². The number of carbonyl (C=O) groups is 3. The van der Waals surface area contributed by atoms with E-state index in [1.54, 1.807) is 18.2 Å². The molecule has 1 unspecified atom stereocenters. The Labute approximate surface area is 182 Å². The van der Waals surface area contributed by atoms with E-state index in [-0.39, 0.29) is 30.1 Å². The largest absolute Gasteiger partial charge is 0.337 e. The topological polar surface area (TPSA) is 69.7 Å². The van der Waals surface area contributed by atoms with Gasteiger partial charge in [0.2, 0.25) is 0 Å². The predicted molar refractivity (Wildman–Crippen MR) is 117 cm³/mol. The molecule has 1 N–H and O–H groups in total. The third-order valence-corrected chi connectivity index (χ3v) is 5.80. The second kappa shape index (κ2) is 9.41. The molecule has 1 saturated heterocycles. The summed E-state index contributed by atoms with van der Waals surface area (Å²) in [5, 5.41) is 3.23. The standard InChI is InChI=1S/C23H25N3O3.ClH/c1-24-18-8-5-12-25(15-18)21(27)17-9-10-19-20(14-17)23(29)26(22(19)28)13-11-16-6-3-2-4-7-16;/h2-4,6-7,9-10,14,18,24H,5,8,11-13,15H2,1H3;1H. The van der Waals surface area contributed by atoms with Gasteiger partial charge in [-0.15, -0.1) is 12.4 Å². The zero-order valence-electron chi connectivity index (χ0n) is 17.0. The highest BCUT2D eigenvalue weighted by atomic mass is 35.5. The lowest BCUT2D eigenvalue weighted by molar-refractivity contribution is 0.0655. The summed E-state index contributed by atoms with van der Waals surface area (Å²) in [6.45, 7) is 1.70. The molecule has 1 atom stereocenters. The van der Waals surface area contributed by atoms with Gasteiger partial charge in [0.1, 0.15) is 0 Å². The van der Waals surface area contributed by atoms with Crippen molar-refractivity contribution in [1.82, 2.24) is 15.1 Å². The number of amides is 3. The number of hydrogen-bond donors (Lipinski definition) is 1. The molecule has 0 bridgehead atoms. The Morgan fingerprint density at radius 2 is 1.80 bits per heavy atom. The minimum Gasteiger partial charge on any atom is -0.337 e. The van der Waals surface area contributed by atoms with Gasteiger partial charge in [0.05, 0.1) is 11.1 Å². The number of fused-ring (bicyclic) bond motifs is 1. The van der Waals surface area contributed by atoms with Gasteiger partial charge in [0, 0.05) is 31.2 Å². The van der Waals surface area contributed by atoms with Crippen LogP contribution in [0.2, 0.25) is 0 Å². The molecule has 0 saturated carbocycles. The van der Waals surface area contributed by atoms with Crippen molar-refractivity contribution >= 4 is 30.1 Å². The van der Waals surface area contributed by atoms with Crippen LogP contribution in [0.25, 0.3) is 0 Å². The summed E-state index contributed by atoms with van der Waals surface area (Å²) in [5.74, 6) is -0.689. The lowest BCUT2D eigenvalue weighted by atomic mass is 10.0. The van der Waals surface area contributed by atoms with Crippen LogP contribution in [0.15, 0.2) is 48.5 Å². The Morgan fingerprint density at radius 3 is 2.53 bits per heavy atom. The third kappa shape index (κ3) is 4.25. The van der Waals surface area contributed by atoms with E-state index in [2.05, 4.69) is 5.32 Å². The Hall–Kier alpha value is -2.70. The molecule has 30 heavy (non-hydrogen) atoms. The number of likely N-dealkylation sites (tertiary alicyclic amines) is 1. The zero-order valence-corrected chi connectivity index (χ0v) is 17.8. The number of piperidine rings is 1. The molecule has 2 aliphatic rings. The van der Waals surface area contributed by atoms with Gasteiger partial charge in [0.25, 0.3) is 17.7 Å². The summed E-state index contributed by atoms with van der Waals surface area (Å²) in [6, 6.07) is 14.9. The quantitative estimate of drug-likeness (QED) is 0.745. The maximum atomic E-state index is 12.9. The van der Waals surface area contributed by atoms with Gasteiger partial charge in [-0.1, -0.05) is 30.3 Å². The number of rotatable bonds is 5. The molecule has 2 aliphatic heterocycles. The molecule has 6 nitrogen and oxygen atoms in total. The van der Waals surface area contributed by atoms with Gasteiger partial charge in [-0.3, -0.25) is 19.3 Å².